The maximum atomic E-state index is 11.2. The minimum Gasteiger partial charge on any atom is -0.497 e. The quantitative estimate of drug-likeness (QED) is 0.371. The first-order valence-electron chi connectivity index (χ1n) is 12.9. The average molecular weight is 494 g/mol. The van der Waals surface area contributed by atoms with Gasteiger partial charge in [0.15, 0.2) is 11.7 Å². The van der Waals surface area contributed by atoms with Gasteiger partial charge in [0, 0.05) is 47.4 Å². The molecule has 7 heteroatoms. The summed E-state index contributed by atoms with van der Waals surface area (Å²) in [5.41, 5.74) is 4.34. The zero-order chi connectivity index (χ0) is 25.4. The number of rotatable bonds is 6. The van der Waals surface area contributed by atoms with Crippen LogP contribution in [0.1, 0.15) is 30.9 Å². The molecule has 0 saturated carbocycles. The largest absolute Gasteiger partial charge is 0.497 e. The van der Waals surface area contributed by atoms with Crippen LogP contribution < -0.4 is 20.8 Å². The summed E-state index contributed by atoms with van der Waals surface area (Å²) >= 11 is 0. The highest BCUT2D eigenvalue weighted by molar-refractivity contribution is 6.01. The molecule has 4 aromatic rings. The topological polar surface area (TPSA) is 85.2 Å². The standard InChI is InChI=1S/C30H31N5O2/c1-3-35-15-13-20(14-16-35)31-21-9-11-24-23(17-21)28(30(36)34-24)27(19-7-5-4-6-8-19)29-32-25-12-10-22(37-2)18-26(25)33-29/h4-12,17-18,20,31,34,36H,3,13-16H2,1-2H3. The molecule has 0 atom stereocenters. The Kier molecular flexibility index (Phi) is 6.14. The number of hydrogen-bond acceptors (Lipinski definition) is 6. The number of ether oxygens (including phenoxy) is 1. The molecular formula is C30H31N5O2. The van der Waals surface area contributed by atoms with Gasteiger partial charge in [-0.25, -0.2) is 9.98 Å². The third-order valence-corrected chi connectivity index (χ3v) is 7.36. The van der Waals surface area contributed by atoms with Gasteiger partial charge in [-0.1, -0.05) is 37.3 Å². The van der Waals surface area contributed by atoms with E-state index in [4.69, 9.17) is 14.7 Å². The van der Waals surface area contributed by atoms with Crippen LogP contribution in [-0.4, -0.2) is 47.8 Å². The van der Waals surface area contributed by atoms with E-state index in [2.05, 4.69) is 34.3 Å². The van der Waals surface area contributed by atoms with E-state index in [-0.39, 0.29) is 5.88 Å². The van der Waals surface area contributed by atoms with Gasteiger partial charge in [0.2, 0.25) is 0 Å². The first-order chi connectivity index (χ1) is 18.1. The Morgan fingerprint density at radius 2 is 1.81 bits per heavy atom. The number of fused-ring (bicyclic) bond motifs is 2. The SMILES string of the molecule is CCN1CCC(Nc2ccc3[nH]c(O)c(C(=C4N=c5ccc(OC)cc5=N4)c4ccccc4)c3c2)CC1. The summed E-state index contributed by atoms with van der Waals surface area (Å²) in [6.07, 6.45) is 2.24. The Labute approximate surface area is 215 Å². The van der Waals surface area contributed by atoms with Crippen molar-refractivity contribution in [2.24, 2.45) is 9.98 Å². The van der Waals surface area contributed by atoms with E-state index >= 15 is 0 Å². The van der Waals surface area contributed by atoms with E-state index in [0.29, 0.717) is 17.4 Å². The zero-order valence-corrected chi connectivity index (χ0v) is 21.2. The fourth-order valence-corrected chi connectivity index (χ4v) is 5.32. The molecule has 0 spiro atoms. The molecule has 0 unspecified atom stereocenters. The van der Waals surface area contributed by atoms with Crippen LogP contribution in [0.3, 0.4) is 0 Å². The Balaban J connectivity index is 1.47. The number of methoxy groups -OCH3 is 1. The highest BCUT2D eigenvalue weighted by atomic mass is 16.5. The second-order valence-corrected chi connectivity index (χ2v) is 9.60. The molecule has 37 heavy (non-hydrogen) atoms. The maximum absolute atomic E-state index is 11.2. The zero-order valence-electron chi connectivity index (χ0n) is 21.2. The molecule has 7 nitrogen and oxygen atoms in total. The number of likely N-dealkylation sites (tertiary alicyclic amines) is 1. The normalized spacial score (nSPS) is 17.2. The van der Waals surface area contributed by atoms with Crippen molar-refractivity contribution in [2.45, 2.75) is 25.8 Å². The average Bonchev–Trinajstić information content (AvgIpc) is 3.50. The lowest BCUT2D eigenvalue weighted by Crippen LogP contribution is -2.38. The fraction of sp³-hybridized carbons (Fsp3) is 0.267. The van der Waals surface area contributed by atoms with Gasteiger partial charge in [0.25, 0.3) is 0 Å². The first-order valence-corrected chi connectivity index (χ1v) is 12.9. The maximum Gasteiger partial charge on any atom is 0.197 e. The van der Waals surface area contributed by atoms with Gasteiger partial charge in [-0.3, -0.25) is 0 Å². The molecule has 1 saturated heterocycles. The van der Waals surface area contributed by atoms with Crippen molar-refractivity contribution >= 4 is 22.2 Å². The van der Waals surface area contributed by atoms with Gasteiger partial charge >= 0.3 is 0 Å². The van der Waals surface area contributed by atoms with Gasteiger partial charge < -0.3 is 25.0 Å². The van der Waals surface area contributed by atoms with Crippen molar-refractivity contribution in [1.29, 1.82) is 0 Å². The molecular weight excluding hydrogens is 462 g/mol. The number of benzene rings is 3. The van der Waals surface area contributed by atoms with Crippen LogP contribution in [0.15, 0.2) is 82.5 Å². The lowest BCUT2D eigenvalue weighted by atomic mass is 9.96. The number of piperidine rings is 1. The molecule has 6 rings (SSSR count). The predicted octanol–water partition coefficient (Wildman–Crippen LogP) is 4.45. The van der Waals surface area contributed by atoms with E-state index in [9.17, 15) is 5.11 Å². The molecule has 2 aliphatic rings. The molecule has 0 aliphatic carbocycles. The number of nitrogens with zero attached hydrogens (tertiary/aromatic N) is 3. The lowest BCUT2D eigenvalue weighted by molar-refractivity contribution is 0.229. The minimum atomic E-state index is 0.105. The van der Waals surface area contributed by atoms with Crippen LogP contribution in [0, 0.1) is 0 Å². The van der Waals surface area contributed by atoms with Crippen LogP contribution in [0.4, 0.5) is 5.69 Å². The summed E-state index contributed by atoms with van der Waals surface area (Å²) in [6, 6.07) is 22.4. The third-order valence-electron chi connectivity index (χ3n) is 7.36. The van der Waals surface area contributed by atoms with Crippen molar-refractivity contribution in [3.63, 3.8) is 0 Å². The minimum absolute atomic E-state index is 0.105. The number of anilines is 1. The van der Waals surface area contributed by atoms with Crippen molar-refractivity contribution in [3.05, 3.63) is 94.4 Å². The van der Waals surface area contributed by atoms with Crippen LogP contribution in [0.2, 0.25) is 0 Å². The van der Waals surface area contributed by atoms with Gasteiger partial charge in [-0.15, -0.1) is 0 Å². The molecule has 188 valence electrons. The van der Waals surface area contributed by atoms with E-state index in [1.165, 1.54) is 0 Å². The van der Waals surface area contributed by atoms with Crippen molar-refractivity contribution in [2.75, 3.05) is 32.1 Å². The Morgan fingerprint density at radius 3 is 2.57 bits per heavy atom. The lowest BCUT2D eigenvalue weighted by Gasteiger charge is -2.32. The third kappa shape index (κ3) is 4.47. The van der Waals surface area contributed by atoms with Crippen LogP contribution in [-0.2, 0) is 0 Å². The molecule has 2 aliphatic heterocycles. The Bertz CT molecular complexity index is 1600. The molecule has 0 radical (unpaired) electrons. The van der Waals surface area contributed by atoms with Crippen LogP contribution in [0.25, 0.3) is 16.5 Å². The fourth-order valence-electron chi connectivity index (χ4n) is 5.32. The summed E-state index contributed by atoms with van der Waals surface area (Å²) in [6.45, 7) is 5.56. The number of hydrogen-bond donors (Lipinski definition) is 3. The van der Waals surface area contributed by atoms with Gasteiger partial charge in [-0.2, -0.15) is 0 Å². The number of nitrogens with one attached hydrogen (secondary N) is 2. The van der Waals surface area contributed by atoms with Crippen LogP contribution in [0.5, 0.6) is 11.6 Å². The summed E-state index contributed by atoms with van der Waals surface area (Å²) in [4.78, 5) is 15.4. The Hall–Kier alpha value is -4.10. The highest BCUT2D eigenvalue weighted by Gasteiger charge is 2.23. The molecule has 0 bridgehead atoms. The molecule has 3 aromatic carbocycles. The first kappa shape index (κ1) is 23.3. The molecule has 0 amide bonds. The van der Waals surface area contributed by atoms with Crippen molar-refractivity contribution in [1.82, 2.24) is 9.88 Å². The molecule has 3 heterocycles. The monoisotopic (exact) mass is 493 g/mol. The van der Waals surface area contributed by atoms with E-state index in [1.54, 1.807) is 7.11 Å². The van der Waals surface area contributed by atoms with Crippen molar-refractivity contribution < 1.29 is 9.84 Å². The number of H-pyrrole nitrogens is 1. The summed E-state index contributed by atoms with van der Waals surface area (Å²) in [5, 5.41) is 17.4. The van der Waals surface area contributed by atoms with Gasteiger partial charge in [0.1, 0.15) is 5.75 Å². The summed E-state index contributed by atoms with van der Waals surface area (Å²) < 4.78 is 5.38. The van der Waals surface area contributed by atoms with E-state index in [0.717, 1.165) is 76.7 Å². The van der Waals surface area contributed by atoms with Crippen molar-refractivity contribution in [3.8, 4) is 11.6 Å². The van der Waals surface area contributed by atoms with Gasteiger partial charge in [0.05, 0.1) is 23.4 Å². The second-order valence-electron chi connectivity index (χ2n) is 9.60. The van der Waals surface area contributed by atoms with E-state index in [1.807, 2.05) is 54.6 Å². The smallest absolute Gasteiger partial charge is 0.197 e. The molecule has 1 aromatic heterocycles. The van der Waals surface area contributed by atoms with E-state index < -0.39 is 0 Å². The molecule has 1 fully saturated rings. The predicted molar refractivity (Wildman–Crippen MR) is 146 cm³/mol. The molecule has 3 N–H and O–H groups in total. The van der Waals surface area contributed by atoms with Crippen LogP contribution >= 0.6 is 0 Å². The highest BCUT2D eigenvalue weighted by Crippen LogP contribution is 2.40. The second kappa shape index (κ2) is 9.75. The number of aromatic nitrogens is 1. The summed E-state index contributed by atoms with van der Waals surface area (Å²) in [7, 11) is 1.64. The summed E-state index contributed by atoms with van der Waals surface area (Å²) in [5.74, 6) is 1.40. The number of aromatic hydroxyl groups is 1. The van der Waals surface area contributed by atoms with Gasteiger partial charge in [-0.05, 0) is 55.3 Å². The Morgan fingerprint density at radius 1 is 1.03 bits per heavy atom. The number of aromatic amines is 1.